The normalized spacial score (nSPS) is 13.8. The molecule has 4 rings (SSSR count). The van der Waals surface area contributed by atoms with Crippen LogP contribution in [0.25, 0.3) is 0 Å². The fraction of sp³-hybridized carbons (Fsp3) is 0.120. The van der Waals surface area contributed by atoms with Crippen LogP contribution in [0.1, 0.15) is 27.0 Å². The highest BCUT2D eigenvalue weighted by Gasteiger charge is 2.36. The Kier molecular flexibility index (Phi) is 6.25. The van der Waals surface area contributed by atoms with Crippen molar-refractivity contribution in [2.45, 2.75) is 17.9 Å². The maximum Gasteiger partial charge on any atom is 0.336 e. The summed E-state index contributed by atoms with van der Waals surface area (Å²) in [5.41, 5.74) is 2.22. The van der Waals surface area contributed by atoms with E-state index in [0.29, 0.717) is 17.5 Å². The molecule has 1 heterocycles. The molecule has 0 spiro atoms. The van der Waals surface area contributed by atoms with E-state index < -0.39 is 22.0 Å². The van der Waals surface area contributed by atoms with Gasteiger partial charge in [0, 0.05) is 12.0 Å². The van der Waals surface area contributed by atoms with Crippen molar-refractivity contribution in [3.05, 3.63) is 89.0 Å². The van der Waals surface area contributed by atoms with Gasteiger partial charge in [-0.05, 0) is 53.6 Å². The summed E-state index contributed by atoms with van der Waals surface area (Å²) in [5, 5.41) is 11.6. The zero-order valence-corrected chi connectivity index (χ0v) is 18.9. The standard InChI is InChI=1S/C25H20N2O6S/c1-33-21-12-7-17(8-13-21)3-2-4-18-9-14-22-23(15-18)34(31,32)27(25(30)26-22)16-19-5-10-20(11-6-19)24(28)29/h5-15H,3,16H2,1H3,(H,26,30)(H,28,29). The molecule has 172 valence electrons. The number of fused-ring (bicyclic) bond motifs is 1. The van der Waals surface area contributed by atoms with E-state index in [4.69, 9.17) is 9.84 Å². The molecular formula is C25H20N2O6S. The van der Waals surface area contributed by atoms with Crippen molar-refractivity contribution in [3.8, 4) is 17.6 Å². The predicted molar refractivity (Wildman–Crippen MR) is 125 cm³/mol. The molecule has 2 N–H and O–H groups in total. The van der Waals surface area contributed by atoms with Crippen molar-refractivity contribution in [1.29, 1.82) is 0 Å². The van der Waals surface area contributed by atoms with Gasteiger partial charge in [0.1, 0.15) is 10.6 Å². The molecule has 9 heteroatoms. The van der Waals surface area contributed by atoms with Crippen molar-refractivity contribution in [1.82, 2.24) is 4.31 Å². The molecule has 34 heavy (non-hydrogen) atoms. The minimum atomic E-state index is -4.14. The van der Waals surface area contributed by atoms with Crippen LogP contribution in [0, 0.1) is 11.8 Å². The van der Waals surface area contributed by atoms with Crippen LogP contribution in [0.5, 0.6) is 5.75 Å². The number of ether oxygens (including phenoxy) is 1. The fourth-order valence-corrected chi connectivity index (χ4v) is 4.88. The summed E-state index contributed by atoms with van der Waals surface area (Å²) >= 11 is 0. The van der Waals surface area contributed by atoms with Crippen LogP contribution in [0.15, 0.2) is 71.6 Å². The first kappa shape index (κ1) is 22.9. The molecule has 8 nitrogen and oxygen atoms in total. The lowest BCUT2D eigenvalue weighted by Crippen LogP contribution is -2.43. The number of nitrogens with one attached hydrogen (secondary N) is 1. The Balaban J connectivity index is 1.56. The number of urea groups is 1. The van der Waals surface area contributed by atoms with Gasteiger partial charge in [0.25, 0.3) is 10.0 Å². The second kappa shape index (κ2) is 9.29. The van der Waals surface area contributed by atoms with Crippen LogP contribution in [0.4, 0.5) is 10.5 Å². The number of anilines is 1. The van der Waals surface area contributed by atoms with Gasteiger partial charge in [-0.3, -0.25) is 0 Å². The van der Waals surface area contributed by atoms with Gasteiger partial charge in [-0.2, -0.15) is 0 Å². The number of carbonyl (C=O) groups is 2. The molecule has 0 atom stereocenters. The van der Waals surface area contributed by atoms with Crippen molar-refractivity contribution in [2.75, 3.05) is 12.4 Å². The summed E-state index contributed by atoms with van der Waals surface area (Å²) in [6, 6.07) is 17.0. The second-order valence-electron chi connectivity index (χ2n) is 7.48. The smallest absolute Gasteiger partial charge is 0.336 e. The number of carbonyl (C=O) groups excluding carboxylic acids is 1. The Morgan fingerprint density at radius 3 is 2.35 bits per heavy atom. The van der Waals surface area contributed by atoms with Crippen LogP contribution >= 0.6 is 0 Å². The minimum Gasteiger partial charge on any atom is -0.497 e. The number of aromatic carboxylic acids is 1. The van der Waals surface area contributed by atoms with E-state index in [0.717, 1.165) is 15.6 Å². The zero-order valence-electron chi connectivity index (χ0n) is 18.1. The molecule has 0 unspecified atom stereocenters. The summed E-state index contributed by atoms with van der Waals surface area (Å²) in [6.45, 7) is -0.235. The topological polar surface area (TPSA) is 113 Å². The largest absolute Gasteiger partial charge is 0.497 e. The van der Waals surface area contributed by atoms with Gasteiger partial charge in [-0.25, -0.2) is 22.3 Å². The molecule has 0 saturated heterocycles. The number of hydrogen-bond donors (Lipinski definition) is 2. The Hall–Kier alpha value is -4.29. The van der Waals surface area contributed by atoms with Crippen LogP contribution in [0.2, 0.25) is 0 Å². The van der Waals surface area contributed by atoms with E-state index >= 15 is 0 Å². The Morgan fingerprint density at radius 2 is 1.71 bits per heavy atom. The molecule has 0 bridgehead atoms. The monoisotopic (exact) mass is 476 g/mol. The highest BCUT2D eigenvalue weighted by Crippen LogP contribution is 2.32. The lowest BCUT2D eigenvalue weighted by atomic mass is 10.1. The molecule has 0 fully saturated rings. The number of benzene rings is 3. The minimum absolute atomic E-state index is 0.0505. The Morgan fingerprint density at radius 1 is 1.03 bits per heavy atom. The molecule has 0 aromatic heterocycles. The molecule has 0 aliphatic carbocycles. The van der Waals surface area contributed by atoms with E-state index in [2.05, 4.69) is 17.2 Å². The first-order valence-corrected chi connectivity index (χ1v) is 11.6. The van der Waals surface area contributed by atoms with Gasteiger partial charge in [-0.15, -0.1) is 0 Å². The predicted octanol–water partition coefficient (Wildman–Crippen LogP) is 3.72. The molecule has 0 saturated carbocycles. The average Bonchev–Trinajstić information content (AvgIpc) is 2.83. The van der Waals surface area contributed by atoms with Crippen molar-refractivity contribution in [3.63, 3.8) is 0 Å². The van der Waals surface area contributed by atoms with E-state index in [1.54, 1.807) is 13.2 Å². The molecular weight excluding hydrogens is 456 g/mol. The molecule has 3 aromatic carbocycles. The van der Waals surface area contributed by atoms with E-state index in [1.807, 2.05) is 24.3 Å². The highest BCUT2D eigenvalue weighted by atomic mass is 32.2. The van der Waals surface area contributed by atoms with Gasteiger partial charge in [-0.1, -0.05) is 36.1 Å². The first-order valence-electron chi connectivity index (χ1n) is 10.2. The highest BCUT2D eigenvalue weighted by molar-refractivity contribution is 7.90. The Labute approximate surface area is 196 Å². The van der Waals surface area contributed by atoms with Crippen molar-refractivity contribution in [2.24, 2.45) is 0 Å². The number of sulfonamides is 1. The number of rotatable bonds is 5. The zero-order chi connectivity index (χ0) is 24.3. The van der Waals surface area contributed by atoms with Gasteiger partial charge in [0.15, 0.2) is 0 Å². The number of carboxylic acid groups (broad SMARTS) is 1. The molecule has 3 aromatic rings. The Bertz CT molecular complexity index is 1420. The maximum absolute atomic E-state index is 13.2. The second-order valence-corrected chi connectivity index (χ2v) is 9.31. The van der Waals surface area contributed by atoms with Crippen LogP contribution in [-0.2, 0) is 23.0 Å². The fourth-order valence-electron chi connectivity index (χ4n) is 3.39. The van der Waals surface area contributed by atoms with Gasteiger partial charge >= 0.3 is 12.0 Å². The number of nitrogens with zero attached hydrogens (tertiary/aromatic N) is 1. The van der Waals surface area contributed by atoms with Crippen LogP contribution < -0.4 is 10.1 Å². The SMILES string of the molecule is COc1ccc(CC#Cc2ccc3c(c2)S(=O)(=O)N(Cc2ccc(C(=O)O)cc2)C(=O)N3)cc1. The quantitative estimate of drug-likeness (QED) is 0.543. The summed E-state index contributed by atoms with van der Waals surface area (Å²) in [6.07, 6.45) is 0.475. The third kappa shape index (κ3) is 4.72. The lowest BCUT2D eigenvalue weighted by Gasteiger charge is -2.29. The third-order valence-electron chi connectivity index (χ3n) is 5.23. The number of methoxy groups -OCH3 is 1. The van der Waals surface area contributed by atoms with E-state index in [-0.39, 0.29) is 22.7 Å². The molecule has 1 aliphatic rings. The average molecular weight is 477 g/mol. The van der Waals surface area contributed by atoms with Gasteiger partial charge in [0.05, 0.1) is 24.9 Å². The summed E-state index contributed by atoms with van der Waals surface area (Å²) in [7, 11) is -2.55. The molecule has 2 amide bonds. The van der Waals surface area contributed by atoms with Gasteiger partial charge in [0.2, 0.25) is 0 Å². The maximum atomic E-state index is 13.2. The number of amides is 2. The van der Waals surface area contributed by atoms with Crippen LogP contribution in [0.3, 0.4) is 0 Å². The summed E-state index contributed by atoms with van der Waals surface area (Å²) in [4.78, 5) is 23.5. The first-order chi connectivity index (χ1) is 16.3. The van der Waals surface area contributed by atoms with Gasteiger partial charge < -0.3 is 15.2 Å². The van der Waals surface area contributed by atoms with E-state index in [1.165, 1.54) is 36.4 Å². The third-order valence-corrected chi connectivity index (χ3v) is 7.00. The molecule has 0 radical (unpaired) electrons. The summed E-state index contributed by atoms with van der Waals surface area (Å²) < 4.78 is 32.3. The van der Waals surface area contributed by atoms with Crippen LogP contribution in [-0.4, -0.2) is 36.9 Å². The van der Waals surface area contributed by atoms with Crippen molar-refractivity contribution >= 4 is 27.7 Å². The molecule has 1 aliphatic heterocycles. The van der Waals surface area contributed by atoms with Crippen molar-refractivity contribution < 1.29 is 27.9 Å². The van der Waals surface area contributed by atoms with E-state index in [9.17, 15) is 18.0 Å². The number of hydrogen-bond acceptors (Lipinski definition) is 5. The summed E-state index contributed by atoms with van der Waals surface area (Å²) in [5.74, 6) is 5.66. The lowest BCUT2D eigenvalue weighted by molar-refractivity contribution is 0.0696. The number of carboxylic acids is 1.